The van der Waals surface area contributed by atoms with Crippen LogP contribution in [-0.4, -0.2) is 44.3 Å². The molecule has 4 heteroatoms. The molecule has 6 saturated carbocycles. The van der Waals surface area contributed by atoms with E-state index >= 15 is 0 Å². The zero-order chi connectivity index (χ0) is 21.0. The number of rotatable bonds is 2. The largest absolute Gasteiger partial charge is 0.393 e. The predicted molar refractivity (Wildman–Crippen MR) is 110 cm³/mol. The molecule has 6 rings (SSSR count). The number of aliphatic hydroxyl groups excluding tert-OH is 2. The molecule has 6 fully saturated rings. The van der Waals surface area contributed by atoms with Gasteiger partial charge in [-0.15, -0.1) is 0 Å². The number of fused-ring (bicyclic) bond motifs is 3. The minimum atomic E-state index is -1.13. The van der Waals surface area contributed by atoms with Crippen molar-refractivity contribution in [2.24, 2.45) is 57.2 Å². The SMILES string of the molecule is C[C@H]1[C@@H]2[C@H]3[C@]4(C)[C@@H](O)C[C@@H]([C@](C)(O)CO)[C@]34C[C@@H]2[C@@]23CC[C@](C)(O)C2CC[C@@]13C. The summed E-state index contributed by atoms with van der Waals surface area (Å²) in [4.78, 5) is 0. The molecule has 0 amide bonds. The maximum atomic E-state index is 11.3. The Morgan fingerprint density at radius 3 is 2.41 bits per heavy atom. The van der Waals surface area contributed by atoms with Crippen molar-refractivity contribution in [3.63, 3.8) is 0 Å². The molecule has 0 aromatic rings. The standard InChI is InChI=1S/C25H40O4/c1-13-18-14(24-9-8-21(3,28)15(24)6-7-20(13,24)2)11-25-16(22(4,29)12-26)10-17(27)23(25,5)19(18)25/h13-19,26-29H,6-12H2,1-5H3/t13-,14-,15?,16-,17-,18-,19-,20-,21-,22+,23-,24-,25+/m0/s1. The van der Waals surface area contributed by atoms with Crippen LogP contribution in [0.2, 0.25) is 0 Å². The first kappa shape index (κ1) is 19.5. The molecule has 0 saturated heterocycles. The summed E-state index contributed by atoms with van der Waals surface area (Å²) in [5.41, 5.74) is -1.35. The summed E-state index contributed by atoms with van der Waals surface area (Å²) in [6.45, 7) is 10.9. The van der Waals surface area contributed by atoms with E-state index < -0.39 is 11.2 Å². The first-order valence-electron chi connectivity index (χ1n) is 12.1. The van der Waals surface area contributed by atoms with Crippen LogP contribution in [0, 0.1) is 57.2 Å². The average Bonchev–Trinajstić information content (AvgIpc) is 3.11. The van der Waals surface area contributed by atoms with Gasteiger partial charge in [0.2, 0.25) is 0 Å². The van der Waals surface area contributed by atoms with Gasteiger partial charge in [0.05, 0.1) is 23.9 Å². The minimum absolute atomic E-state index is 0.0350. The fourth-order valence-electron chi connectivity index (χ4n) is 11.9. The zero-order valence-electron chi connectivity index (χ0n) is 18.8. The summed E-state index contributed by atoms with van der Waals surface area (Å²) in [5, 5.41) is 43.5. The normalized spacial score (nSPS) is 68.8. The molecule has 0 aromatic heterocycles. The van der Waals surface area contributed by atoms with Crippen LogP contribution in [0.15, 0.2) is 0 Å². The fourth-order valence-corrected chi connectivity index (χ4v) is 11.9. The molecule has 29 heavy (non-hydrogen) atoms. The number of aliphatic hydroxyl groups is 4. The van der Waals surface area contributed by atoms with Gasteiger partial charge in [0.25, 0.3) is 0 Å². The maximum Gasteiger partial charge on any atom is 0.0883 e. The molecule has 6 aliphatic rings. The fraction of sp³-hybridized carbons (Fsp3) is 1.00. The topological polar surface area (TPSA) is 80.9 Å². The molecular formula is C25H40O4. The van der Waals surface area contributed by atoms with Crippen molar-refractivity contribution in [1.29, 1.82) is 0 Å². The van der Waals surface area contributed by atoms with Crippen LogP contribution >= 0.6 is 0 Å². The molecule has 1 unspecified atom stereocenters. The Labute approximate surface area is 175 Å². The zero-order valence-corrected chi connectivity index (χ0v) is 18.8. The third-order valence-corrected chi connectivity index (χ3v) is 13.0. The Hall–Kier alpha value is -0.160. The molecule has 0 aliphatic heterocycles. The Balaban J connectivity index is 1.48. The van der Waals surface area contributed by atoms with E-state index in [1.807, 2.05) is 0 Å². The van der Waals surface area contributed by atoms with Gasteiger partial charge < -0.3 is 20.4 Å². The summed E-state index contributed by atoms with van der Waals surface area (Å²) < 4.78 is 0. The lowest BCUT2D eigenvalue weighted by atomic mass is 9.58. The smallest absolute Gasteiger partial charge is 0.0883 e. The van der Waals surface area contributed by atoms with Crippen molar-refractivity contribution in [1.82, 2.24) is 0 Å². The first-order valence-corrected chi connectivity index (χ1v) is 12.1. The van der Waals surface area contributed by atoms with Gasteiger partial charge in [-0.3, -0.25) is 0 Å². The molecule has 6 aliphatic carbocycles. The van der Waals surface area contributed by atoms with Crippen molar-refractivity contribution < 1.29 is 20.4 Å². The Morgan fingerprint density at radius 1 is 1.07 bits per heavy atom. The maximum absolute atomic E-state index is 11.3. The van der Waals surface area contributed by atoms with Crippen LogP contribution in [0.3, 0.4) is 0 Å². The highest BCUT2D eigenvalue weighted by Crippen LogP contribution is 2.95. The lowest BCUT2D eigenvalue weighted by Crippen LogP contribution is -2.46. The van der Waals surface area contributed by atoms with Crippen LogP contribution in [0.4, 0.5) is 0 Å². The molecular weight excluding hydrogens is 364 g/mol. The van der Waals surface area contributed by atoms with Crippen molar-refractivity contribution in [3.05, 3.63) is 0 Å². The van der Waals surface area contributed by atoms with Gasteiger partial charge in [-0.1, -0.05) is 20.8 Å². The van der Waals surface area contributed by atoms with E-state index in [1.165, 1.54) is 6.42 Å². The van der Waals surface area contributed by atoms with Crippen molar-refractivity contribution in [2.45, 2.75) is 90.4 Å². The molecule has 0 radical (unpaired) electrons. The monoisotopic (exact) mass is 404 g/mol. The molecule has 2 spiro atoms. The van der Waals surface area contributed by atoms with E-state index in [9.17, 15) is 20.4 Å². The van der Waals surface area contributed by atoms with E-state index in [0.717, 1.165) is 25.7 Å². The van der Waals surface area contributed by atoms with Crippen molar-refractivity contribution in [3.8, 4) is 0 Å². The Bertz CT molecular complexity index is 777. The van der Waals surface area contributed by atoms with Crippen LogP contribution in [0.5, 0.6) is 0 Å². The van der Waals surface area contributed by atoms with E-state index in [2.05, 4.69) is 27.7 Å². The number of hydrogen-bond donors (Lipinski definition) is 4. The summed E-state index contributed by atoms with van der Waals surface area (Å²) in [7, 11) is 0. The highest BCUT2D eigenvalue weighted by Gasteiger charge is 2.93. The Morgan fingerprint density at radius 2 is 1.76 bits per heavy atom. The van der Waals surface area contributed by atoms with Gasteiger partial charge in [-0.25, -0.2) is 0 Å². The quantitative estimate of drug-likeness (QED) is 0.570. The third-order valence-electron chi connectivity index (χ3n) is 13.0. The highest BCUT2D eigenvalue weighted by molar-refractivity contribution is 5.40. The lowest BCUT2D eigenvalue weighted by molar-refractivity contribution is -0.0809. The van der Waals surface area contributed by atoms with E-state index in [1.54, 1.807) is 6.92 Å². The summed E-state index contributed by atoms with van der Waals surface area (Å²) in [5.74, 6) is 2.56. The lowest BCUT2D eigenvalue weighted by Gasteiger charge is -2.47. The van der Waals surface area contributed by atoms with Crippen molar-refractivity contribution >= 4 is 0 Å². The van der Waals surface area contributed by atoms with Gasteiger partial charge in [-0.2, -0.15) is 0 Å². The second-order valence-corrected chi connectivity index (χ2v) is 13.2. The molecule has 0 bridgehead atoms. The molecule has 4 N–H and O–H groups in total. The van der Waals surface area contributed by atoms with Gasteiger partial charge >= 0.3 is 0 Å². The predicted octanol–water partition coefficient (Wildman–Crippen LogP) is 2.97. The highest BCUT2D eigenvalue weighted by atomic mass is 16.3. The molecule has 0 aromatic carbocycles. The first-order chi connectivity index (χ1) is 13.4. The Kier molecular flexibility index (Phi) is 3.31. The molecule has 0 heterocycles. The van der Waals surface area contributed by atoms with Crippen molar-refractivity contribution in [2.75, 3.05) is 6.61 Å². The van der Waals surface area contributed by atoms with Crippen LogP contribution in [-0.2, 0) is 0 Å². The van der Waals surface area contributed by atoms with Crippen LogP contribution < -0.4 is 0 Å². The second-order valence-electron chi connectivity index (χ2n) is 13.2. The minimum Gasteiger partial charge on any atom is -0.393 e. The summed E-state index contributed by atoms with van der Waals surface area (Å²) in [6, 6.07) is 0. The van der Waals surface area contributed by atoms with Gasteiger partial charge in [0.15, 0.2) is 0 Å². The van der Waals surface area contributed by atoms with E-state index in [4.69, 9.17) is 0 Å². The van der Waals surface area contributed by atoms with Gasteiger partial charge in [0.1, 0.15) is 0 Å². The second kappa shape index (κ2) is 4.92. The summed E-state index contributed by atoms with van der Waals surface area (Å²) in [6.07, 6.45) is 5.72. The van der Waals surface area contributed by atoms with Crippen LogP contribution in [0.1, 0.15) is 73.1 Å². The van der Waals surface area contributed by atoms with Gasteiger partial charge in [0, 0.05) is 5.41 Å². The third kappa shape index (κ3) is 1.63. The van der Waals surface area contributed by atoms with Gasteiger partial charge in [-0.05, 0) is 104 Å². The molecule has 164 valence electrons. The average molecular weight is 405 g/mol. The number of hydrogen-bond acceptors (Lipinski definition) is 4. The summed E-state index contributed by atoms with van der Waals surface area (Å²) >= 11 is 0. The van der Waals surface area contributed by atoms with Crippen LogP contribution in [0.25, 0.3) is 0 Å². The molecule has 4 nitrogen and oxygen atoms in total. The molecule has 13 atom stereocenters. The van der Waals surface area contributed by atoms with E-state index in [-0.39, 0.29) is 40.3 Å². The van der Waals surface area contributed by atoms with E-state index in [0.29, 0.717) is 36.0 Å².